The topological polar surface area (TPSA) is 92.9 Å². The number of rotatable bonds is 6. The third-order valence-electron chi connectivity index (χ3n) is 4.33. The summed E-state index contributed by atoms with van der Waals surface area (Å²) in [5, 5.41) is 24.0. The fraction of sp³-hybridized carbons (Fsp3) is 0.300. The summed E-state index contributed by atoms with van der Waals surface area (Å²) in [5.74, 6) is -0.142. The molecule has 0 radical (unpaired) electrons. The van der Waals surface area contributed by atoms with Crippen LogP contribution in [0.4, 0.5) is 4.39 Å². The SMILES string of the molecule is CC(CO)NC(=O)c1cc(-c2ccc(F)cc2Cl)cc(-n2nnnc2C(C)C)c1. The molecule has 1 aromatic heterocycles. The second-order valence-electron chi connectivity index (χ2n) is 7.05. The maximum Gasteiger partial charge on any atom is 0.251 e. The van der Waals surface area contributed by atoms with Gasteiger partial charge in [0.25, 0.3) is 5.91 Å². The predicted molar refractivity (Wildman–Crippen MR) is 108 cm³/mol. The summed E-state index contributed by atoms with van der Waals surface area (Å²) in [6.45, 7) is 5.42. The molecule has 0 saturated carbocycles. The fourth-order valence-corrected chi connectivity index (χ4v) is 3.11. The Bertz CT molecular complexity index is 1040. The van der Waals surface area contributed by atoms with Crippen LogP contribution in [0.1, 0.15) is 42.9 Å². The maximum atomic E-state index is 13.5. The van der Waals surface area contributed by atoms with Crippen molar-refractivity contribution in [1.29, 1.82) is 0 Å². The van der Waals surface area contributed by atoms with Gasteiger partial charge in [0.05, 0.1) is 17.3 Å². The molecule has 29 heavy (non-hydrogen) atoms. The van der Waals surface area contributed by atoms with Gasteiger partial charge in [0.2, 0.25) is 0 Å². The first-order chi connectivity index (χ1) is 13.8. The fourth-order valence-electron chi connectivity index (χ4n) is 2.83. The monoisotopic (exact) mass is 417 g/mol. The van der Waals surface area contributed by atoms with Crippen molar-refractivity contribution in [2.75, 3.05) is 6.61 Å². The van der Waals surface area contributed by atoms with Gasteiger partial charge in [0.1, 0.15) is 5.82 Å². The van der Waals surface area contributed by atoms with Crippen LogP contribution < -0.4 is 5.32 Å². The molecule has 0 aliphatic heterocycles. The van der Waals surface area contributed by atoms with Crippen molar-refractivity contribution in [3.05, 3.63) is 58.6 Å². The molecular formula is C20H21ClFN5O2. The van der Waals surface area contributed by atoms with E-state index in [4.69, 9.17) is 11.6 Å². The maximum absolute atomic E-state index is 13.5. The molecule has 3 rings (SSSR count). The summed E-state index contributed by atoms with van der Waals surface area (Å²) in [7, 11) is 0. The largest absolute Gasteiger partial charge is 0.394 e. The molecule has 0 bridgehead atoms. The van der Waals surface area contributed by atoms with E-state index in [2.05, 4.69) is 20.8 Å². The van der Waals surface area contributed by atoms with Gasteiger partial charge in [0.15, 0.2) is 5.82 Å². The average molecular weight is 418 g/mol. The van der Waals surface area contributed by atoms with E-state index in [0.717, 1.165) is 0 Å². The minimum atomic E-state index is -0.452. The number of hydrogen-bond acceptors (Lipinski definition) is 5. The lowest BCUT2D eigenvalue weighted by Gasteiger charge is -2.15. The van der Waals surface area contributed by atoms with Gasteiger partial charge >= 0.3 is 0 Å². The van der Waals surface area contributed by atoms with Crippen LogP contribution in [0.15, 0.2) is 36.4 Å². The molecular weight excluding hydrogens is 397 g/mol. The number of benzene rings is 2. The molecule has 152 valence electrons. The van der Waals surface area contributed by atoms with Crippen molar-refractivity contribution >= 4 is 17.5 Å². The number of amides is 1. The van der Waals surface area contributed by atoms with Crippen molar-refractivity contribution < 1.29 is 14.3 Å². The lowest BCUT2D eigenvalue weighted by molar-refractivity contribution is 0.0922. The normalized spacial score (nSPS) is 12.2. The molecule has 0 aliphatic carbocycles. The van der Waals surface area contributed by atoms with Crippen LogP contribution in [0.5, 0.6) is 0 Å². The Hall–Kier alpha value is -2.84. The number of halogens is 2. The van der Waals surface area contributed by atoms with Gasteiger partial charge < -0.3 is 10.4 Å². The Morgan fingerprint density at radius 2 is 2.00 bits per heavy atom. The number of tetrazole rings is 1. The Kier molecular flexibility index (Phi) is 6.24. The molecule has 3 aromatic rings. The zero-order valence-electron chi connectivity index (χ0n) is 16.2. The van der Waals surface area contributed by atoms with Crippen molar-refractivity contribution in [3.63, 3.8) is 0 Å². The first-order valence-electron chi connectivity index (χ1n) is 9.11. The van der Waals surface area contributed by atoms with E-state index < -0.39 is 11.9 Å². The first-order valence-corrected chi connectivity index (χ1v) is 9.48. The molecule has 7 nitrogen and oxygen atoms in total. The number of aromatic nitrogens is 4. The van der Waals surface area contributed by atoms with Crippen LogP contribution in [0.3, 0.4) is 0 Å². The Morgan fingerprint density at radius 1 is 1.24 bits per heavy atom. The summed E-state index contributed by atoms with van der Waals surface area (Å²) in [6, 6.07) is 8.75. The molecule has 1 unspecified atom stereocenters. The molecule has 0 saturated heterocycles. The van der Waals surface area contributed by atoms with Crippen molar-refractivity contribution in [1.82, 2.24) is 25.5 Å². The average Bonchev–Trinajstić information content (AvgIpc) is 3.17. The van der Waals surface area contributed by atoms with Crippen molar-refractivity contribution in [2.24, 2.45) is 0 Å². The molecule has 0 fully saturated rings. The van der Waals surface area contributed by atoms with Gasteiger partial charge in [-0.3, -0.25) is 4.79 Å². The van der Waals surface area contributed by atoms with E-state index >= 15 is 0 Å². The number of hydrogen-bond donors (Lipinski definition) is 2. The van der Waals surface area contributed by atoms with E-state index in [1.54, 1.807) is 35.9 Å². The molecule has 1 amide bonds. The van der Waals surface area contributed by atoms with Crippen LogP contribution in [0.25, 0.3) is 16.8 Å². The van der Waals surface area contributed by atoms with E-state index in [-0.39, 0.29) is 23.5 Å². The summed E-state index contributed by atoms with van der Waals surface area (Å²) < 4.78 is 15.0. The minimum absolute atomic E-state index is 0.0507. The molecule has 0 spiro atoms. The smallest absolute Gasteiger partial charge is 0.251 e. The summed E-state index contributed by atoms with van der Waals surface area (Å²) in [6.07, 6.45) is 0. The van der Waals surface area contributed by atoms with Gasteiger partial charge in [-0.2, -0.15) is 4.68 Å². The minimum Gasteiger partial charge on any atom is -0.394 e. The van der Waals surface area contributed by atoms with Gasteiger partial charge in [-0.15, -0.1) is 5.10 Å². The number of aliphatic hydroxyl groups is 1. The second-order valence-corrected chi connectivity index (χ2v) is 7.46. The predicted octanol–water partition coefficient (Wildman–Crippen LogP) is 3.36. The standard InChI is InChI=1S/C20H21ClFN5O2/c1-11(2)19-24-25-26-27(19)16-7-13(17-5-4-15(22)9-18(17)21)6-14(8-16)20(29)23-12(3)10-28/h4-9,11-12,28H,10H2,1-3H3,(H,23,29). The highest BCUT2D eigenvalue weighted by Crippen LogP contribution is 2.31. The highest BCUT2D eigenvalue weighted by molar-refractivity contribution is 6.33. The van der Waals surface area contributed by atoms with Crippen LogP contribution in [-0.4, -0.2) is 43.9 Å². The van der Waals surface area contributed by atoms with Gasteiger partial charge in [0, 0.05) is 23.1 Å². The van der Waals surface area contributed by atoms with Crippen molar-refractivity contribution in [2.45, 2.75) is 32.7 Å². The van der Waals surface area contributed by atoms with E-state index in [9.17, 15) is 14.3 Å². The molecule has 2 N–H and O–H groups in total. The Morgan fingerprint density at radius 3 is 2.66 bits per heavy atom. The number of nitrogens with one attached hydrogen (secondary N) is 1. The zero-order chi connectivity index (χ0) is 21.1. The van der Waals surface area contributed by atoms with Crippen LogP contribution >= 0.6 is 11.6 Å². The highest BCUT2D eigenvalue weighted by Gasteiger charge is 2.18. The van der Waals surface area contributed by atoms with Crippen molar-refractivity contribution in [3.8, 4) is 16.8 Å². The lowest BCUT2D eigenvalue weighted by Crippen LogP contribution is -2.35. The van der Waals surface area contributed by atoms with Gasteiger partial charge in [-0.25, -0.2) is 4.39 Å². The van der Waals surface area contributed by atoms with Crippen LogP contribution in [-0.2, 0) is 0 Å². The lowest BCUT2D eigenvalue weighted by atomic mass is 10.0. The molecule has 1 heterocycles. The third kappa shape index (κ3) is 4.60. The van der Waals surface area contributed by atoms with E-state index in [0.29, 0.717) is 28.2 Å². The number of carbonyl (C=O) groups excluding carboxylic acids is 1. The van der Waals surface area contributed by atoms with Gasteiger partial charge in [-0.1, -0.05) is 25.4 Å². The first kappa shape index (κ1) is 20.9. The molecule has 9 heteroatoms. The zero-order valence-corrected chi connectivity index (χ0v) is 17.0. The highest BCUT2D eigenvalue weighted by atomic mass is 35.5. The number of aliphatic hydroxyl groups excluding tert-OH is 1. The molecule has 1 atom stereocenters. The quantitative estimate of drug-likeness (QED) is 0.641. The summed E-state index contributed by atoms with van der Waals surface area (Å²) in [5.41, 5.74) is 2.08. The summed E-state index contributed by atoms with van der Waals surface area (Å²) in [4.78, 5) is 12.7. The second kappa shape index (κ2) is 8.67. The van der Waals surface area contributed by atoms with Gasteiger partial charge in [-0.05, 0) is 59.3 Å². The number of carbonyl (C=O) groups is 1. The van der Waals surface area contributed by atoms with Crippen LogP contribution in [0, 0.1) is 5.82 Å². The molecule has 0 aliphatic rings. The summed E-state index contributed by atoms with van der Waals surface area (Å²) >= 11 is 6.24. The third-order valence-corrected chi connectivity index (χ3v) is 4.64. The number of nitrogens with zero attached hydrogens (tertiary/aromatic N) is 4. The van der Waals surface area contributed by atoms with E-state index in [1.165, 1.54) is 12.1 Å². The Labute approximate surface area is 172 Å². The van der Waals surface area contributed by atoms with E-state index in [1.807, 2.05) is 13.8 Å². The van der Waals surface area contributed by atoms with Crippen LogP contribution in [0.2, 0.25) is 5.02 Å². The molecule has 2 aromatic carbocycles. The Balaban J connectivity index is 2.16.